The number of hydrogen-bond donors (Lipinski definition) is 0. The van der Waals surface area contributed by atoms with E-state index in [4.69, 9.17) is 0 Å². The van der Waals surface area contributed by atoms with Gasteiger partial charge in [-0.05, 0) is 44.0 Å². The summed E-state index contributed by atoms with van der Waals surface area (Å²) in [5.74, 6) is 0. The zero-order valence-electron chi connectivity index (χ0n) is 10.1. The van der Waals surface area contributed by atoms with Crippen LogP contribution in [-0.4, -0.2) is 15.0 Å². The number of rotatable bonds is 1. The lowest BCUT2D eigenvalue weighted by molar-refractivity contribution is 0.831. The molecule has 0 saturated carbocycles. The lowest BCUT2D eigenvalue weighted by atomic mass is 10.2. The number of fused-ring (bicyclic) bond motifs is 1. The molecule has 2 aromatic heterocycles. The zero-order chi connectivity index (χ0) is 12.0. The van der Waals surface area contributed by atoms with Crippen LogP contribution in [0.1, 0.15) is 16.0 Å². The van der Waals surface area contributed by atoms with Gasteiger partial charge in [0.05, 0.1) is 5.52 Å². The fourth-order valence-electron chi connectivity index (χ4n) is 1.94. The lowest BCUT2D eigenvalue weighted by Crippen LogP contribution is -1.95. The fraction of sp³-hybridized carbons (Fsp3) is 0.231. The molecule has 2 heterocycles. The molecule has 0 bridgehead atoms. The van der Waals surface area contributed by atoms with Crippen LogP contribution in [0.15, 0.2) is 24.3 Å². The monoisotopic (exact) mass is 243 g/mol. The van der Waals surface area contributed by atoms with E-state index in [1.807, 2.05) is 22.9 Å². The molecule has 0 N–H and O–H groups in total. The fourth-order valence-corrected chi connectivity index (χ4v) is 3.07. The van der Waals surface area contributed by atoms with Crippen molar-refractivity contribution in [1.82, 2.24) is 15.0 Å². The molecule has 17 heavy (non-hydrogen) atoms. The summed E-state index contributed by atoms with van der Waals surface area (Å²) >= 11 is 1.77. The van der Waals surface area contributed by atoms with E-state index >= 15 is 0 Å². The highest BCUT2D eigenvalue weighted by molar-refractivity contribution is 7.14. The molecule has 1 aromatic carbocycles. The van der Waals surface area contributed by atoms with Gasteiger partial charge in [0.2, 0.25) is 0 Å². The molecule has 4 heteroatoms. The normalized spacial score (nSPS) is 11.2. The predicted molar refractivity (Wildman–Crippen MR) is 71.0 cm³/mol. The predicted octanol–water partition coefficient (Wildman–Crippen LogP) is 3.41. The molecule has 86 valence electrons. The van der Waals surface area contributed by atoms with Crippen molar-refractivity contribution >= 4 is 22.4 Å². The number of aryl methyl sites for hydroxylation is 1. The van der Waals surface area contributed by atoms with Gasteiger partial charge in [-0.25, -0.2) is 4.68 Å². The first kappa shape index (κ1) is 10.5. The molecule has 3 rings (SSSR count). The summed E-state index contributed by atoms with van der Waals surface area (Å²) in [7, 11) is 0. The minimum atomic E-state index is 0.940. The number of benzene rings is 1. The van der Waals surface area contributed by atoms with Gasteiger partial charge in [0.25, 0.3) is 0 Å². The largest absolute Gasteiger partial charge is 0.202 e. The van der Waals surface area contributed by atoms with E-state index < -0.39 is 0 Å². The Hall–Kier alpha value is -1.68. The summed E-state index contributed by atoms with van der Waals surface area (Å²) in [6, 6.07) is 8.05. The third kappa shape index (κ3) is 1.48. The Kier molecular flexibility index (Phi) is 2.26. The van der Waals surface area contributed by atoms with Crippen molar-refractivity contribution < 1.29 is 0 Å². The second-order valence-corrected chi connectivity index (χ2v) is 5.41. The van der Waals surface area contributed by atoms with Crippen LogP contribution in [0.25, 0.3) is 16.0 Å². The second kappa shape index (κ2) is 3.67. The molecule has 0 aliphatic carbocycles. The van der Waals surface area contributed by atoms with Gasteiger partial charge < -0.3 is 0 Å². The smallest absolute Gasteiger partial charge is 0.123 e. The van der Waals surface area contributed by atoms with Gasteiger partial charge in [-0.2, -0.15) is 0 Å². The molecule has 0 atom stereocenters. The van der Waals surface area contributed by atoms with Crippen molar-refractivity contribution in [2.75, 3.05) is 0 Å². The zero-order valence-corrected chi connectivity index (χ0v) is 10.9. The Labute approximate surface area is 104 Å². The molecule has 3 nitrogen and oxygen atoms in total. The number of nitrogens with zero attached hydrogens (tertiary/aromatic N) is 3. The van der Waals surface area contributed by atoms with E-state index in [0.29, 0.717) is 0 Å². The van der Waals surface area contributed by atoms with Crippen molar-refractivity contribution in [3.63, 3.8) is 0 Å². The summed E-state index contributed by atoms with van der Waals surface area (Å²) in [5, 5.41) is 9.63. The number of thiophene rings is 1. The quantitative estimate of drug-likeness (QED) is 0.655. The first-order valence-electron chi connectivity index (χ1n) is 5.56. The third-order valence-electron chi connectivity index (χ3n) is 3.21. The maximum Gasteiger partial charge on any atom is 0.123 e. The summed E-state index contributed by atoms with van der Waals surface area (Å²) in [5.41, 5.74) is 4.65. The minimum absolute atomic E-state index is 0.940. The third-order valence-corrected chi connectivity index (χ3v) is 4.49. The van der Waals surface area contributed by atoms with Crippen LogP contribution < -0.4 is 0 Å². The standard InChI is InChI=1S/C13H13N3S/c1-8-9(2)13(17-10(8)3)16-12-7-5-4-6-11(12)14-15-16/h4-7H,1-3H3. The summed E-state index contributed by atoms with van der Waals surface area (Å²) in [6.07, 6.45) is 0. The molecule has 0 spiro atoms. The first-order chi connectivity index (χ1) is 8.18. The Morgan fingerprint density at radius 3 is 2.53 bits per heavy atom. The van der Waals surface area contributed by atoms with E-state index in [0.717, 1.165) is 11.0 Å². The number of hydrogen-bond acceptors (Lipinski definition) is 3. The van der Waals surface area contributed by atoms with Crippen molar-refractivity contribution in [2.24, 2.45) is 0 Å². The van der Waals surface area contributed by atoms with Crippen LogP contribution in [-0.2, 0) is 0 Å². The van der Waals surface area contributed by atoms with Crippen LogP contribution >= 0.6 is 11.3 Å². The van der Waals surface area contributed by atoms with Crippen LogP contribution in [0.2, 0.25) is 0 Å². The van der Waals surface area contributed by atoms with Crippen molar-refractivity contribution in [3.8, 4) is 5.00 Å². The van der Waals surface area contributed by atoms with Gasteiger partial charge in [-0.1, -0.05) is 17.3 Å². The maximum atomic E-state index is 4.26. The van der Waals surface area contributed by atoms with Crippen molar-refractivity contribution in [3.05, 3.63) is 40.3 Å². The van der Waals surface area contributed by atoms with Gasteiger partial charge in [-0.3, -0.25) is 0 Å². The van der Waals surface area contributed by atoms with Gasteiger partial charge in [0.15, 0.2) is 0 Å². The van der Waals surface area contributed by atoms with E-state index in [1.54, 1.807) is 11.3 Å². The van der Waals surface area contributed by atoms with Crippen LogP contribution in [0.4, 0.5) is 0 Å². The SMILES string of the molecule is Cc1sc(-n2nnc3ccccc32)c(C)c1C. The summed E-state index contributed by atoms with van der Waals surface area (Å²) < 4.78 is 1.94. The van der Waals surface area contributed by atoms with E-state index in [9.17, 15) is 0 Å². The molecule has 0 aliphatic heterocycles. The van der Waals surface area contributed by atoms with Crippen molar-refractivity contribution in [2.45, 2.75) is 20.8 Å². The van der Waals surface area contributed by atoms with Gasteiger partial charge in [0.1, 0.15) is 10.5 Å². The average Bonchev–Trinajstić information content (AvgIpc) is 2.86. The van der Waals surface area contributed by atoms with Gasteiger partial charge in [-0.15, -0.1) is 16.4 Å². The highest BCUT2D eigenvalue weighted by Crippen LogP contribution is 2.31. The molecule has 0 aliphatic rings. The molecular formula is C13H13N3S. The average molecular weight is 243 g/mol. The van der Waals surface area contributed by atoms with Crippen LogP contribution in [0.5, 0.6) is 0 Å². The Morgan fingerprint density at radius 2 is 1.82 bits per heavy atom. The number of aromatic nitrogens is 3. The van der Waals surface area contributed by atoms with Gasteiger partial charge in [0, 0.05) is 4.88 Å². The Balaban J connectivity index is 2.31. The molecule has 0 amide bonds. The minimum Gasteiger partial charge on any atom is -0.202 e. The second-order valence-electron chi connectivity index (χ2n) is 4.20. The van der Waals surface area contributed by atoms with Crippen LogP contribution in [0.3, 0.4) is 0 Å². The van der Waals surface area contributed by atoms with Gasteiger partial charge >= 0.3 is 0 Å². The molecule has 0 saturated heterocycles. The molecule has 0 fully saturated rings. The molecular weight excluding hydrogens is 230 g/mol. The molecule has 3 aromatic rings. The lowest BCUT2D eigenvalue weighted by Gasteiger charge is -2.00. The van der Waals surface area contributed by atoms with E-state index in [1.165, 1.54) is 21.0 Å². The molecule has 0 unspecified atom stereocenters. The molecule has 0 radical (unpaired) electrons. The maximum absolute atomic E-state index is 4.26. The first-order valence-corrected chi connectivity index (χ1v) is 6.37. The van der Waals surface area contributed by atoms with Crippen LogP contribution in [0, 0.1) is 20.8 Å². The topological polar surface area (TPSA) is 30.7 Å². The Morgan fingerprint density at radius 1 is 1.06 bits per heavy atom. The van der Waals surface area contributed by atoms with E-state index in [-0.39, 0.29) is 0 Å². The number of para-hydroxylation sites is 1. The highest BCUT2D eigenvalue weighted by Gasteiger charge is 2.13. The highest BCUT2D eigenvalue weighted by atomic mass is 32.1. The Bertz CT molecular complexity index is 694. The van der Waals surface area contributed by atoms with E-state index in [2.05, 4.69) is 37.1 Å². The van der Waals surface area contributed by atoms with Crippen molar-refractivity contribution in [1.29, 1.82) is 0 Å². The summed E-state index contributed by atoms with van der Waals surface area (Å²) in [4.78, 5) is 1.34. The summed E-state index contributed by atoms with van der Waals surface area (Å²) in [6.45, 7) is 6.45.